The van der Waals surface area contributed by atoms with E-state index in [1.54, 1.807) is 0 Å². The van der Waals surface area contributed by atoms with E-state index in [4.69, 9.17) is 32.7 Å². The van der Waals surface area contributed by atoms with Crippen LogP contribution in [0.2, 0.25) is 10.3 Å². The molecular formula is C12H15Cl2N3O4. The number of nitrogens with one attached hydrogen (secondary N) is 1. The molecule has 0 radical (unpaired) electrons. The van der Waals surface area contributed by atoms with Crippen molar-refractivity contribution < 1.29 is 19.0 Å². The number of rotatable bonds is 6. The Kier molecular flexibility index (Phi) is 5.58. The molecule has 9 heteroatoms. The third-order valence-corrected chi connectivity index (χ3v) is 3.30. The first-order valence-electron chi connectivity index (χ1n) is 6.32. The molecule has 2 heterocycles. The summed E-state index contributed by atoms with van der Waals surface area (Å²) in [6.07, 6.45) is 0.739. The molecule has 1 aromatic heterocycles. The second-order valence-corrected chi connectivity index (χ2v) is 5.18. The normalized spacial score (nSPS) is 18.8. The monoisotopic (exact) mass is 335 g/mol. The molecule has 0 bridgehead atoms. The minimum Gasteiger partial charge on any atom is -0.464 e. The number of aromatic nitrogens is 2. The Balaban J connectivity index is 2.04. The summed E-state index contributed by atoms with van der Waals surface area (Å²) >= 11 is 11.9. The zero-order valence-electron chi connectivity index (χ0n) is 11.6. The van der Waals surface area contributed by atoms with Gasteiger partial charge in [0.25, 0.3) is 0 Å². The fourth-order valence-electron chi connectivity index (χ4n) is 1.62. The van der Waals surface area contributed by atoms with E-state index in [2.05, 4.69) is 20.0 Å². The highest BCUT2D eigenvalue weighted by Crippen LogP contribution is 2.26. The van der Waals surface area contributed by atoms with Crippen molar-refractivity contribution in [1.82, 2.24) is 9.97 Å². The van der Waals surface area contributed by atoms with Gasteiger partial charge < -0.3 is 19.5 Å². The number of halogens is 2. The van der Waals surface area contributed by atoms with Gasteiger partial charge in [0.2, 0.25) is 5.28 Å². The molecule has 1 N–H and O–H groups in total. The fourth-order valence-corrected chi connectivity index (χ4v) is 2.00. The molecule has 0 aliphatic carbocycles. The van der Waals surface area contributed by atoms with Crippen molar-refractivity contribution in [2.24, 2.45) is 0 Å². The Bertz CT molecular complexity index is 525. The van der Waals surface area contributed by atoms with E-state index in [9.17, 15) is 4.79 Å². The van der Waals surface area contributed by atoms with Gasteiger partial charge in [-0.1, -0.05) is 11.6 Å². The zero-order valence-corrected chi connectivity index (χ0v) is 13.1. The maximum atomic E-state index is 11.6. The molecule has 2 atom stereocenters. The first kappa shape index (κ1) is 16.2. The molecule has 1 fully saturated rings. The lowest BCUT2D eigenvalue weighted by Gasteiger charge is -2.27. The largest absolute Gasteiger partial charge is 0.464 e. The number of esters is 1. The molecular weight excluding hydrogens is 321 g/mol. The Morgan fingerprint density at radius 1 is 1.52 bits per heavy atom. The van der Waals surface area contributed by atoms with Gasteiger partial charge in [-0.25, -0.2) is 9.78 Å². The summed E-state index contributed by atoms with van der Waals surface area (Å²) in [4.78, 5) is 19.3. The number of nitrogens with zero attached hydrogens (tertiary/aromatic N) is 2. The van der Waals surface area contributed by atoms with Crippen molar-refractivity contribution in [2.75, 3.05) is 25.6 Å². The molecule has 21 heavy (non-hydrogen) atoms. The smallest absolute Gasteiger partial charge is 0.358 e. The van der Waals surface area contributed by atoms with E-state index in [1.807, 2.05) is 6.92 Å². The molecule has 1 aliphatic rings. The number of methoxy groups -OCH3 is 1. The van der Waals surface area contributed by atoms with E-state index >= 15 is 0 Å². The van der Waals surface area contributed by atoms with Gasteiger partial charge in [0, 0.05) is 12.5 Å². The van der Waals surface area contributed by atoms with Gasteiger partial charge in [-0.05, 0) is 18.5 Å². The van der Waals surface area contributed by atoms with E-state index in [1.165, 1.54) is 7.11 Å². The number of hydrogen-bond donors (Lipinski definition) is 1. The highest BCUT2D eigenvalue weighted by Gasteiger charge is 2.22. The molecule has 1 unspecified atom stereocenters. The summed E-state index contributed by atoms with van der Waals surface area (Å²) in [5, 5.41) is 2.97. The lowest BCUT2D eigenvalue weighted by atomic mass is 10.3. The Morgan fingerprint density at radius 2 is 2.24 bits per heavy atom. The Labute approximate surface area is 131 Å². The molecule has 1 saturated heterocycles. The van der Waals surface area contributed by atoms with Gasteiger partial charge in [-0.3, -0.25) is 0 Å². The highest BCUT2D eigenvalue weighted by atomic mass is 35.5. The van der Waals surface area contributed by atoms with Crippen molar-refractivity contribution in [3.05, 3.63) is 16.0 Å². The highest BCUT2D eigenvalue weighted by molar-refractivity contribution is 6.36. The lowest BCUT2D eigenvalue weighted by molar-refractivity contribution is -0.215. The molecule has 0 saturated carbocycles. The van der Waals surface area contributed by atoms with Crippen molar-refractivity contribution in [3.63, 3.8) is 0 Å². The minimum atomic E-state index is -0.681. The minimum absolute atomic E-state index is 0.0537. The van der Waals surface area contributed by atoms with E-state index in [0.29, 0.717) is 6.61 Å². The summed E-state index contributed by atoms with van der Waals surface area (Å²) in [5.74, 6) is -0.429. The van der Waals surface area contributed by atoms with Crippen molar-refractivity contribution in [3.8, 4) is 0 Å². The molecule has 1 aromatic rings. The first-order chi connectivity index (χ1) is 10.0. The van der Waals surface area contributed by atoms with Crippen molar-refractivity contribution in [2.45, 2.75) is 25.7 Å². The quantitative estimate of drug-likeness (QED) is 0.629. The van der Waals surface area contributed by atoms with Crippen LogP contribution >= 0.6 is 23.2 Å². The van der Waals surface area contributed by atoms with Crippen LogP contribution in [0.5, 0.6) is 0 Å². The summed E-state index contributed by atoms with van der Waals surface area (Å²) < 4.78 is 15.2. The SMILES string of the molecule is COC(=O)c1nc(Cl)nc(N[C@@H](C)COC2CCO2)c1Cl. The molecule has 116 valence electrons. The van der Waals surface area contributed by atoms with Crippen LogP contribution in [0.4, 0.5) is 5.82 Å². The topological polar surface area (TPSA) is 82.6 Å². The van der Waals surface area contributed by atoms with Crippen LogP contribution in [-0.2, 0) is 14.2 Å². The molecule has 1 aliphatic heterocycles. The second kappa shape index (κ2) is 7.22. The van der Waals surface area contributed by atoms with Gasteiger partial charge >= 0.3 is 5.97 Å². The Hall–Kier alpha value is -1.15. The summed E-state index contributed by atoms with van der Waals surface area (Å²) in [7, 11) is 1.23. The van der Waals surface area contributed by atoms with Gasteiger partial charge in [0.05, 0.1) is 20.3 Å². The number of carbonyl (C=O) groups is 1. The number of anilines is 1. The van der Waals surface area contributed by atoms with E-state index < -0.39 is 5.97 Å². The lowest BCUT2D eigenvalue weighted by Crippen LogP contribution is -2.34. The summed E-state index contributed by atoms with van der Waals surface area (Å²) in [6, 6.07) is -0.108. The van der Waals surface area contributed by atoms with Gasteiger partial charge in [-0.2, -0.15) is 4.98 Å². The van der Waals surface area contributed by atoms with Gasteiger partial charge in [0.15, 0.2) is 17.8 Å². The second-order valence-electron chi connectivity index (χ2n) is 4.46. The van der Waals surface area contributed by atoms with Crippen LogP contribution in [0.1, 0.15) is 23.8 Å². The maximum Gasteiger partial charge on any atom is 0.358 e. The number of carbonyl (C=O) groups excluding carboxylic acids is 1. The predicted molar refractivity (Wildman–Crippen MR) is 76.8 cm³/mol. The standard InChI is InChI=1S/C12H15Cl2N3O4/c1-6(5-21-7-3-4-20-7)15-10-8(13)9(11(18)19-2)16-12(14)17-10/h6-7H,3-5H2,1-2H3,(H,15,16,17)/t6-,7?/m0/s1. The van der Waals surface area contributed by atoms with Crippen LogP contribution in [0.25, 0.3) is 0 Å². The molecule has 0 aromatic carbocycles. The number of hydrogen-bond acceptors (Lipinski definition) is 7. The first-order valence-corrected chi connectivity index (χ1v) is 7.08. The Morgan fingerprint density at radius 3 is 2.81 bits per heavy atom. The van der Waals surface area contributed by atoms with Crippen molar-refractivity contribution in [1.29, 1.82) is 0 Å². The summed E-state index contributed by atoms with van der Waals surface area (Å²) in [6.45, 7) is 3.00. The van der Waals surface area contributed by atoms with E-state index in [0.717, 1.165) is 13.0 Å². The molecule has 2 rings (SSSR count). The van der Waals surface area contributed by atoms with Gasteiger partial charge in [-0.15, -0.1) is 0 Å². The van der Waals surface area contributed by atoms with Crippen LogP contribution in [0.15, 0.2) is 0 Å². The number of ether oxygens (including phenoxy) is 3. The third-order valence-electron chi connectivity index (χ3n) is 2.78. The molecule has 0 spiro atoms. The average Bonchev–Trinajstić information content (AvgIpc) is 2.39. The van der Waals surface area contributed by atoms with Crippen LogP contribution in [-0.4, -0.2) is 48.6 Å². The van der Waals surface area contributed by atoms with Gasteiger partial charge in [0.1, 0.15) is 5.02 Å². The van der Waals surface area contributed by atoms with Crippen molar-refractivity contribution >= 4 is 35.0 Å². The third kappa shape index (κ3) is 4.16. The summed E-state index contributed by atoms with van der Waals surface area (Å²) in [5.41, 5.74) is -0.0860. The van der Waals surface area contributed by atoms with E-state index in [-0.39, 0.29) is 34.1 Å². The fraction of sp³-hybridized carbons (Fsp3) is 0.583. The average molecular weight is 336 g/mol. The maximum absolute atomic E-state index is 11.6. The van der Waals surface area contributed by atoms with Crippen LogP contribution < -0.4 is 5.32 Å². The predicted octanol–water partition coefficient (Wildman–Crippen LogP) is 2.13. The molecule has 7 nitrogen and oxygen atoms in total. The zero-order chi connectivity index (χ0) is 15.4. The van der Waals surface area contributed by atoms with Crippen LogP contribution in [0, 0.1) is 0 Å². The van der Waals surface area contributed by atoms with Crippen LogP contribution in [0.3, 0.4) is 0 Å². The molecule has 0 amide bonds.